The highest BCUT2D eigenvalue weighted by atomic mass is 16.2. The second-order valence-corrected chi connectivity index (χ2v) is 2.48. The SMILES string of the molecule is C.CC(=O)N(C)C.Cc1ncn[nH]1. The van der Waals surface area contributed by atoms with Gasteiger partial charge in [0.15, 0.2) is 0 Å². The summed E-state index contributed by atoms with van der Waals surface area (Å²) in [5, 5.41) is 6.22. The molecule has 0 aromatic carbocycles. The first-order valence-electron chi connectivity index (χ1n) is 3.54. The quantitative estimate of drug-likeness (QED) is 0.653. The minimum absolute atomic E-state index is 0. The number of H-pyrrole nitrogens is 1. The van der Waals surface area contributed by atoms with Crippen molar-refractivity contribution in [1.29, 1.82) is 0 Å². The zero-order valence-corrected chi connectivity index (χ0v) is 7.83. The standard InChI is InChI=1S/C4H9NO.C3H5N3.CH4/c1-4(6)5(2)3;1-3-4-2-5-6-3;/h1-3H3;2H,1H3,(H,4,5,6);1H4. The van der Waals surface area contributed by atoms with Crippen molar-refractivity contribution in [2.75, 3.05) is 14.1 Å². The number of rotatable bonds is 0. The van der Waals surface area contributed by atoms with Gasteiger partial charge in [0.05, 0.1) is 0 Å². The Morgan fingerprint density at radius 3 is 2.08 bits per heavy atom. The molecule has 1 amide bonds. The number of aryl methyl sites for hydroxylation is 1. The number of nitrogens with one attached hydrogen (secondary N) is 1. The number of aromatic amines is 1. The summed E-state index contributed by atoms with van der Waals surface area (Å²) >= 11 is 0. The molecule has 0 saturated heterocycles. The average Bonchev–Trinajstić information content (AvgIpc) is 2.40. The normalized spacial score (nSPS) is 7.69. The monoisotopic (exact) mass is 186 g/mol. The summed E-state index contributed by atoms with van der Waals surface area (Å²) in [6.07, 6.45) is 1.48. The average molecular weight is 186 g/mol. The van der Waals surface area contributed by atoms with E-state index in [9.17, 15) is 4.79 Å². The van der Waals surface area contributed by atoms with E-state index >= 15 is 0 Å². The van der Waals surface area contributed by atoms with Gasteiger partial charge in [-0.25, -0.2) is 4.98 Å². The molecule has 5 nitrogen and oxygen atoms in total. The summed E-state index contributed by atoms with van der Waals surface area (Å²) in [7, 11) is 3.45. The van der Waals surface area contributed by atoms with Crippen molar-refractivity contribution in [2.45, 2.75) is 21.3 Å². The van der Waals surface area contributed by atoms with E-state index in [0.29, 0.717) is 0 Å². The molecular formula is C8H18N4O. The molecule has 0 aliphatic carbocycles. The highest BCUT2D eigenvalue weighted by Crippen LogP contribution is 1.73. The largest absolute Gasteiger partial charge is 0.349 e. The van der Waals surface area contributed by atoms with Crippen LogP contribution in [0.25, 0.3) is 0 Å². The van der Waals surface area contributed by atoms with E-state index in [-0.39, 0.29) is 13.3 Å². The van der Waals surface area contributed by atoms with Crippen LogP contribution in [0.1, 0.15) is 20.2 Å². The van der Waals surface area contributed by atoms with Crippen LogP contribution in [0.4, 0.5) is 0 Å². The summed E-state index contributed by atoms with van der Waals surface area (Å²) in [5.41, 5.74) is 0. The maximum atomic E-state index is 10.1. The lowest BCUT2D eigenvalue weighted by atomic mass is 10.7. The molecule has 0 fully saturated rings. The summed E-state index contributed by atoms with van der Waals surface area (Å²) in [6, 6.07) is 0. The molecule has 76 valence electrons. The first-order chi connectivity index (χ1) is 5.54. The molecule has 1 heterocycles. The lowest BCUT2D eigenvalue weighted by Gasteiger charge is -2.02. The van der Waals surface area contributed by atoms with Crippen LogP contribution in [0, 0.1) is 6.92 Å². The van der Waals surface area contributed by atoms with Crippen molar-refractivity contribution < 1.29 is 4.79 Å². The smallest absolute Gasteiger partial charge is 0.218 e. The van der Waals surface area contributed by atoms with Crippen LogP contribution in [-0.4, -0.2) is 40.1 Å². The van der Waals surface area contributed by atoms with Gasteiger partial charge in [0, 0.05) is 21.0 Å². The fourth-order valence-corrected chi connectivity index (χ4v) is 0.267. The molecule has 0 aliphatic rings. The van der Waals surface area contributed by atoms with E-state index < -0.39 is 0 Å². The Kier molecular flexibility index (Phi) is 7.91. The van der Waals surface area contributed by atoms with Gasteiger partial charge in [-0.3, -0.25) is 9.89 Å². The Morgan fingerprint density at radius 1 is 1.54 bits per heavy atom. The van der Waals surface area contributed by atoms with Crippen LogP contribution in [0.3, 0.4) is 0 Å². The lowest BCUT2D eigenvalue weighted by Crippen LogP contribution is -2.17. The lowest BCUT2D eigenvalue weighted by molar-refractivity contribution is -0.126. The first kappa shape index (κ1) is 14.2. The van der Waals surface area contributed by atoms with E-state index in [1.165, 1.54) is 18.2 Å². The number of hydrogen-bond acceptors (Lipinski definition) is 3. The van der Waals surface area contributed by atoms with E-state index in [1.54, 1.807) is 14.1 Å². The van der Waals surface area contributed by atoms with Gasteiger partial charge in [-0.1, -0.05) is 7.43 Å². The number of carbonyl (C=O) groups is 1. The molecule has 0 spiro atoms. The van der Waals surface area contributed by atoms with Crippen molar-refractivity contribution in [3.05, 3.63) is 12.2 Å². The highest BCUT2D eigenvalue weighted by Gasteiger charge is 1.87. The van der Waals surface area contributed by atoms with Crippen molar-refractivity contribution in [3.63, 3.8) is 0 Å². The van der Waals surface area contributed by atoms with E-state index in [2.05, 4.69) is 15.2 Å². The fraction of sp³-hybridized carbons (Fsp3) is 0.625. The molecule has 5 heteroatoms. The molecule has 1 N–H and O–H groups in total. The predicted molar refractivity (Wildman–Crippen MR) is 52.2 cm³/mol. The van der Waals surface area contributed by atoms with Gasteiger partial charge in [0.25, 0.3) is 0 Å². The maximum absolute atomic E-state index is 10.1. The van der Waals surface area contributed by atoms with Crippen molar-refractivity contribution in [1.82, 2.24) is 20.1 Å². The van der Waals surface area contributed by atoms with E-state index in [1.807, 2.05) is 6.92 Å². The number of hydrogen-bond donors (Lipinski definition) is 1. The van der Waals surface area contributed by atoms with Gasteiger partial charge in [0.1, 0.15) is 12.2 Å². The zero-order chi connectivity index (χ0) is 9.56. The zero-order valence-electron chi connectivity index (χ0n) is 7.83. The number of aromatic nitrogens is 3. The Hall–Kier alpha value is -1.39. The van der Waals surface area contributed by atoms with E-state index in [4.69, 9.17) is 0 Å². The van der Waals surface area contributed by atoms with Crippen LogP contribution < -0.4 is 0 Å². The van der Waals surface area contributed by atoms with Gasteiger partial charge in [-0.05, 0) is 6.92 Å². The minimum Gasteiger partial charge on any atom is -0.349 e. The Morgan fingerprint density at radius 2 is 2.00 bits per heavy atom. The van der Waals surface area contributed by atoms with Crippen LogP contribution in [0.5, 0.6) is 0 Å². The molecule has 1 rings (SSSR count). The number of nitrogens with zero attached hydrogens (tertiary/aromatic N) is 3. The predicted octanol–water partition coefficient (Wildman–Crippen LogP) is 0.844. The molecule has 0 aliphatic heterocycles. The highest BCUT2D eigenvalue weighted by molar-refractivity contribution is 5.72. The van der Waals surface area contributed by atoms with Gasteiger partial charge in [-0.2, -0.15) is 5.10 Å². The minimum atomic E-state index is 0. The molecular weight excluding hydrogens is 168 g/mol. The Balaban J connectivity index is 0. The molecule has 13 heavy (non-hydrogen) atoms. The second kappa shape index (κ2) is 7.27. The maximum Gasteiger partial charge on any atom is 0.218 e. The molecule has 1 aromatic rings. The summed E-state index contributed by atoms with van der Waals surface area (Å²) in [4.78, 5) is 15.3. The molecule has 0 radical (unpaired) electrons. The third-order valence-corrected chi connectivity index (χ3v) is 1.17. The molecule has 1 aromatic heterocycles. The van der Waals surface area contributed by atoms with Gasteiger partial charge in [-0.15, -0.1) is 0 Å². The van der Waals surface area contributed by atoms with Crippen molar-refractivity contribution >= 4 is 5.91 Å². The van der Waals surface area contributed by atoms with Crippen LogP contribution in [0.2, 0.25) is 0 Å². The Bertz CT molecular complexity index is 218. The molecule has 0 atom stereocenters. The Labute approximate surface area is 79.2 Å². The van der Waals surface area contributed by atoms with Gasteiger partial charge in [0.2, 0.25) is 5.91 Å². The summed E-state index contributed by atoms with van der Waals surface area (Å²) in [6.45, 7) is 3.38. The number of carbonyl (C=O) groups excluding carboxylic acids is 1. The van der Waals surface area contributed by atoms with Gasteiger partial charge < -0.3 is 4.90 Å². The van der Waals surface area contributed by atoms with Crippen molar-refractivity contribution in [3.8, 4) is 0 Å². The van der Waals surface area contributed by atoms with Crippen LogP contribution >= 0.6 is 0 Å². The van der Waals surface area contributed by atoms with E-state index in [0.717, 1.165) is 5.82 Å². The third kappa shape index (κ3) is 8.52. The summed E-state index contributed by atoms with van der Waals surface area (Å²) in [5.74, 6) is 0.949. The topological polar surface area (TPSA) is 61.9 Å². The fourth-order valence-electron chi connectivity index (χ4n) is 0.267. The molecule has 0 unspecified atom stereocenters. The van der Waals surface area contributed by atoms with Crippen molar-refractivity contribution in [2.24, 2.45) is 0 Å². The third-order valence-electron chi connectivity index (χ3n) is 1.17. The van der Waals surface area contributed by atoms with Crippen LogP contribution in [0.15, 0.2) is 6.33 Å². The van der Waals surface area contributed by atoms with Gasteiger partial charge >= 0.3 is 0 Å². The second-order valence-electron chi connectivity index (χ2n) is 2.48. The van der Waals surface area contributed by atoms with Crippen LogP contribution in [-0.2, 0) is 4.79 Å². The first-order valence-corrected chi connectivity index (χ1v) is 3.54. The molecule has 0 bridgehead atoms. The summed E-state index contributed by atoms with van der Waals surface area (Å²) < 4.78 is 0. The number of amides is 1. The molecule has 0 saturated carbocycles.